The van der Waals surface area contributed by atoms with Crippen LogP contribution in [0.25, 0.3) is 27.2 Å². The van der Waals surface area contributed by atoms with Gasteiger partial charge in [-0.2, -0.15) is 5.11 Å². The van der Waals surface area contributed by atoms with Crippen LogP contribution in [0, 0.1) is 20.8 Å². The number of fused-ring (bicyclic) bond motifs is 2. The molecule has 0 aliphatic carbocycles. The van der Waals surface area contributed by atoms with E-state index in [0.29, 0.717) is 34.1 Å². The van der Waals surface area contributed by atoms with Gasteiger partial charge in [-0.25, -0.2) is 9.36 Å². The van der Waals surface area contributed by atoms with Crippen LogP contribution in [0.5, 0.6) is 34.6 Å². The molecule has 0 spiro atoms. The first-order chi connectivity index (χ1) is 32.5. The quantitative estimate of drug-likeness (QED) is 0.0368. The highest BCUT2D eigenvalue weighted by Gasteiger charge is 2.26. The van der Waals surface area contributed by atoms with Crippen molar-refractivity contribution in [3.05, 3.63) is 147 Å². The molecule has 7 rings (SSSR count). The number of ether oxygens (including phenoxy) is 3. The molecule has 7 aromatic rings. The third-order valence-corrected chi connectivity index (χ3v) is 11.6. The van der Waals surface area contributed by atoms with Gasteiger partial charge in [-0.3, -0.25) is 14.4 Å². The number of nitrogens with two attached hydrogens (primary N) is 1. The molecule has 352 valence electrons. The third-order valence-electron chi connectivity index (χ3n) is 10.7. The summed E-state index contributed by atoms with van der Waals surface area (Å²) in [5.74, 6) is -0.786. The predicted octanol–water partition coefficient (Wildman–Crippen LogP) is 9.86. The van der Waals surface area contributed by atoms with Crippen LogP contribution in [0.1, 0.15) is 62.7 Å². The molecule has 0 saturated carbocycles. The topological polar surface area (TPSA) is 253 Å². The molecule has 68 heavy (non-hydrogen) atoms. The van der Waals surface area contributed by atoms with Crippen LogP contribution >= 0.6 is 11.8 Å². The number of para-hydroxylation sites is 1. The van der Waals surface area contributed by atoms with Crippen molar-refractivity contribution in [3.8, 4) is 40.3 Å². The molecular weight excluding hydrogens is 893 g/mol. The second kappa shape index (κ2) is 22.0. The number of hydrogen-bond donors (Lipinski definition) is 6. The first-order valence-corrected chi connectivity index (χ1v) is 22.4. The molecule has 16 nitrogen and oxygen atoms in total. The molecule has 0 saturated heterocycles. The van der Waals surface area contributed by atoms with E-state index in [4.69, 9.17) is 25.1 Å². The summed E-state index contributed by atoms with van der Waals surface area (Å²) in [4.78, 5) is 48.0. The Bertz CT molecular complexity index is 3110. The van der Waals surface area contributed by atoms with Crippen molar-refractivity contribution in [2.24, 2.45) is 16.0 Å². The number of rotatable bonds is 17. The third kappa shape index (κ3) is 11.1. The number of aryl methyl sites for hydroxylation is 2. The fraction of sp³-hybridized carbons (Fsp3) is 0.216. The highest BCUT2D eigenvalue weighted by molar-refractivity contribution is 7.99. The summed E-state index contributed by atoms with van der Waals surface area (Å²) in [6, 6.07) is 28.9. The summed E-state index contributed by atoms with van der Waals surface area (Å²) in [7, 11) is 0. The number of phenols is 2. The Labute approximate surface area is 394 Å². The lowest BCUT2D eigenvalue weighted by molar-refractivity contribution is -0.133. The average molecular weight is 943 g/mol. The minimum atomic E-state index is -1.35. The molecule has 0 bridgehead atoms. The molecule has 0 radical (unpaired) electrons. The van der Waals surface area contributed by atoms with Gasteiger partial charge in [0.15, 0.2) is 5.69 Å². The summed E-state index contributed by atoms with van der Waals surface area (Å²) in [6.45, 7) is 10.1. The highest BCUT2D eigenvalue weighted by Crippen LogP contribution is 2.40. The van der Waals surface area contributed by atoms with Gasteiger partial charge in [0.2, 0.25) is 5.88 Å². The van der Waals surface area contributed by atoms with Crippen molar-refractivity contribution in [2.45, 2.75) is 40.5 Å². The number of carboxylic acids is 2. The number of carbonyl (C=O) groups excluding carboxylic acids is 1. The molecule has 1 amide bonds. The zero-order valence-corrected chi connectivity index (χ0v) is 38.7. The maximum atomic E-state index is 13.5. The Hall–Kier alpha value is -8.05. The molecule has 6 aromatic carbocycles. The second-order valence-electron chi connectivity index (χ2n) is 15.7. The van der Waals surface area contributed by atoms with E-state index in [-0.39, 0.29) is 58.9 Å². The van der Waals surface area contributed by atoms with Crippen molar-refractivity contribution < 1.29 is 54.1 Å². The van der Waals surface area contributed by atoms with Crippen molar-refractivity contribution in [3.63, 3.8) is 0 Å². The molecule has 0 aliphatic heterocycles. The number of benzene rings is 6. The van der Waals surface area contributed by atoms with E-state index in [1.165, 1.54) is 43.0 Å². The smallest absolute Gasteiger partial charge is 0.337 e. The molecule has 0 atom stereocenters. The number of aromatic hydroxyl groups is 3. The number of pyridine rings is 1. The molecule has 0 unspecified atom stereocenters. The molecule has 0 aliphatic rings. The zero-order chi connectivity index (χ0) is 49.2. The van der Waals surface area contributed by atoms with Gasteiger partial charge in [-0.05, 0) is 86.3 Å². The van der Waals surface area contributed by atoms with E-state index in [1.54, 1.807) is 24.3 Å². The van der Waals surface area contributed by atoms with E-state index >= 15 is 0 Å². The largest absolute Gasteiger partial charge is 0.507 e. The van der Waals surface area contributed by atoms with Crippen LogP contribution < -0.4 is 25.5 Å². The average Bonchev–Trinajstić information content (AvgIpc) is 3.30. The molecule has 1 aromatic heterocycles. The van der Waals surface area contributed by atoms with Gasteiger partial charge in [-0.15, -0.1) is 16.9 Å². The number of azo groups is 1. The standard InChI is InChI=1S/C35H32N4O8.C16H18O4S/c1-19(2)26-18-28(23-8-4-5-9-24(23)31(26)40)47-17-16-46-22-14-12-21(13-15-22)37-38-30-20(3)29(32(36)41)33(42)39(34(30)43)27-11-7-6-10-25(27)35(44)45;1-10-4-3-5-12-15(10)13(8-11(2)16(12)19)20-6-7-21-9-14(17)18/h4-15,18-19,40,42H,16-17H2,1-3H3,(H2,36,41)(H,44,45);3-5,8,19H,6-7,9H2,1-2H3,(H,17,18). The van der Waals surface area contributed by atoms with Gasteiger partial charge in [0, 0.05) is 38.4 Å². The number of primary amides is 1. The normalized spacial score (nSPS) is 11.1. The van der Waals surface area contributed by atoms with Crippen LogP contribution in [0.15, 0.2) is 118 Å². The number of carboxylic acid groups (broad SMARTS) is 2. The number of nitrogens with zero attached hydrogens (tertiary/aromatic N) is 3. The van der Waals surface area contributed by atoms with E-state index < -0.39 is 34.8 Å². The summed E-state index contributed by atoms with van der Waals surface area (Å²) in [6.07, 6.45) is 0. The molecule has 17 heteroatoms. The lowest BCUT2D eigenvalue weighted by Gasteiger charge is -2.16. The maximum absolute atomic E-state index is 13.5. The molecular formula is C51H50N4O12S. The molecule has 7 N–H and O–H groups in total. The fourth-order valence-electron chi connectivity index (χ4n) is 7.41. The summed E-state index contributed by atoms with van der Waals surface area (Å²) < 4.78 is 18.3. The number of aliphatic carboxylic acids is 1. The van der Waals surface area contributed by atoms with Gasteiger partial charge in [0.25, 0.3) is 11.5 Å². The zero-order valence-electron chi connectivity index (χ0n) is 37.8. The van der Waals surface area contributed by atoms with Crippen molar-refractivity contribution in [2.75, 3.05) is 31.3 Å². The number of hydrogen-bond acceptors (Lipinski definition) is 13. The highest BCUT2D eigenvalue weighted by atomic mass is 32.2. The minimum absolute atomic E-state index is 0.0188. The fourth-order valence-corrected chi connectivity index (χ4v) is 7.93. The number of phenolic OH excluding ortho intramolecular Hbond substituents is 2. The monoisotopic (exact) mass is 942 g/mol. The van der Waals surface area contributed by atoms with E-state index in [2.05, 4.69) is 10.2 Å². The van der Waals surface area contributed by atoms with Crippen molar-refractivity contribution >= 4 is 62.5 Å². The van der Waals surface area contributed by atoms with E-state index in [9.17, 15) is 39.6 Å². The molecule has 0 fully saturated rings. The Morgan fingerprint density at radius 2 is 1.37 bits per heavy atom. The Morgan fingerprint density at radius 1 is 0.721 bits per heavy atom. The van der Waals surface area contributed by atoms with Crippen LogP contribution in [0.4, 0.5) is 11.4 Å². The Balaban J connectivity index is 0.000000302. The number of aromatic nitrogens is 1. The lowest BCUT2D eigenvalue weighted by Crippen LogP contribution is -2.25. The summed E-state index contributed by atoms with van der Waals surface area (Å²) in [5, 5.41) is 61.3. The Morgan fingerprint density at radius 3 is 2.04 bits per heavy atom. The maximum Gasteiger partial charge on any atom is 0.337 e. The van der Waals surface area contributed by atoms with E-state index in [0.717, 1.165) is 44.0 Å². The number of aromatic carboxylic acids is 1. The van der Waals surface area contributed by atoms with Gasteiger partial charge in [0.1, 0.15) is 47.5 Å². The van der Waals surface area contributed by atoms with Crippen molar-refractivity contribution in [1.82, 2.24) is 4.57 Å². The van der Waals surface area contributed by atoms with E-state index in [1.807, 2.05) is 82.3 Å². The number of thioether (sulfide) groups is 1. The van der Waals surface area contributed by atoms with Crippen LogP contribution in [0.3, 0.4) is 0 Å². The first kappa shape index (κ1) is 49.4. The van der Waals surface area contributed by atoms with Gasteiger partial charge in [0.05, 0.1) is 29.3 Å². The van der Waals surface area contributed by atoms with Gasteiger partial charge in [-0.1, -0.05) is 68.4 Å². The van der Waals surface area contributed by atoms with Gasteiger partial charge >= 0.3 is 11.9 Å². The lowest BCUT2D eigenvalue weighted by atomic mass is 9.97. The summed E-state index contributed by atoms with van der Waals surface area (Å²) in [5.41, 5.74) is 6.35. The second-order valence-corrected chi connectivity index (χ2v) is 16.8. The van der Waals surface area contributed by atoms with Crippen LogP contribution in [-0.4, -0.2) is 79.3 Å². The van der Waals surface area contributed by atoms with Crippen LogP contribution in [-0.2, 0) is 4.79 Å². The SMILES string of the molecule is Cc1c(C(N)=O)c(O)n(-c2ccccc2C(=O)O)c(=O)c1N=Nc1ccc(OCCOc2cc(C(C)C)c(O)c3ccccc23)cc1.Cc1cc(OCCSCC(=O)O)c2c(C)cccc2c1O. The number of amides is 1. The number of carbonyl (C=O) groups is 3. The van der Waals surface area contributed by atoms with Gasteiger partial charge < -0.3 is 45.5 Å². The summed E-state index contributed by atoms with van der Waals surface area (Å²) >= 11 is 1.32. The predicted molar refractivity (Wildman–Crippen MR) is 261 cm³/mol. The molecule has 1 heterocycles. The first-order valence-electron chi connectivity index (χ1n) is 21.3. The Kier molecular flexibility index (Phi) is 15.9. The van der Waals surface area contributed by atoms with Crippen molar-refractivity contribution in [1.29, 1.82) is 0 Å². The minimum Gasteiger partial charge on any atom is -0.507 e. The van der Waals surface area contributed by atoms with Crippen LogP contribution in [0.2, 0.25) is 0 Å².